The average molecular weight is 563 g/mol. The van der Waals surface area contributed by atoms with Gasteiger partial charge in [-0.15, -0.1) is 0 Å². The van der Waals surface area contributed by atoms with Crippen LogP contribution in [-0.4, -0.2) is 40.5 Å². The normalized spacial score (nSPS) is 11.3. The van der Waals surface area contributed by atoms with Gasteiger partial charge in [0.2, 0.25) is 0 Å². The van der Waals surface area contributed by atoms with Crippen LogP contribution in [0.2, 0.25) is 5.02 Å². The SMILES string of the molecule is CSCCN(C)Cc1ccc(-c2ccc3ncnc(Nc4ccc(OCc5cccc(F)c5)c(Cl)c4)c3c2)o1. The first-order valence-corrected chi connectivity index (χ1v) is 14.2. The summed E-state index contributed by atoms with van der Waals surface area (Å²) >= 11 is 8.33. The molecule has 2 aromatic heterocycles. The molecule has 0 aliphatic rings. The fourth-order valence-electron chi connectivity index (χ4n) is 4.14. The lowest BCUT2D eigenvalue weighted by Crippen LogP contribution is -2.20. The molecular weight excluding hydrogens is 535 g/mol. The van der Waals surface area contributed by atoms with Gasteiger partial charge in [-0.1, -0.05) is 23.7 Å². The first-order valence-electron chi connectivity index (χ1n) is 12.4. The van der Waals surface area contributed by atoms with Crippen LogP contribution in [0.5, 0.6) is 5.75 Å². The van der Waals surface area contributed by atoms with E-state index in [1.54, 1.807) is 24.3 Å². The number of hydrogen-bond donors (Lipinski definition) is 1. The van der Waals surface area contributed by atoms with Gasteiger partial charge in [0.05, 0.1) is 17.1 Å². The highest BCUT2D eigenvalue weighted by Gasteiger charge is 2.12. The van der Waals surface area contributed by atoms with E-state index in [1.165, 1.54) is 18.5 Å². The highest BCUT2D eigenvalue weighted by Crippen LogP contribution is 2.33. The van der Waals surface area contributed by atoms with E-state index in [0.717, 1.165) is 58.1 Å². The molecule has 0 bridgehead atoms. The third-order valence-electron chi connectivity index (χ3n) is 6.16. The molecule has 5 rings (SSSR count). The lowest BCUT2D eigenvalue weighted by Gasteiger charge is -2.13. The number of ether oxygens (including phenoxy) is 1. The molecule has 6 nitrogen and oxygen atoms in total. The third-order valence-corrected chi connectivity index (χ3v) is 7.05. The van der Waals surface area contributed by atoms with Crippen LogP contribution < -0.4 is 10.1 Å². The first-order chi connectivity index (χ1) is 19.0. The lowest BCUT2D eigenvalue weighted by molar-refractivity contribution is 0.306. The predicted molar refractivity (Wildman–Crippen MR) is 157 cm³/mol. The Balaban J connectivity index is 1.32. The molecule has 0 spiro atoms. The Morgan fingerprint density at radius 3 is 2.77 bits per heavy atom. The Morgan fingerprint density at radius 1 is 1.05 bits per heavy atom. The predicted octanol–water partition coefficient (Wildman–Crippen LogP) is 7.80. The Hall–Kier alpha value is -3.59. The van der Waals surface area contributed by atoms with Crippen LogP contribution in [0.3, 0.4) is 0 Å². The summed E-state index contributed by atoms with van der Waals surface area (Å²) in [6.07, 6.45) is 3.64. The summed E-state index contributed by atoms with van der Waals surface area (Å²) in [6.45, 7) is 1.97. The second kappa shape index (κ2) is 12.5. The summed E-state index contributed by atoms with van der Waals surface area (Å²) in [6, 6.07) is 21.7. The van der Waals surface area contributed by atoms with Crippen LogP contribution >= 0.6 is 23.4 Å². The molecule has 39 heavy (non-hydrogen) atoms. The summed E-state index contributed by atoms with van der Waals surface area (Å²) in [5.41, 5.74) is 3.22. The van der Waals surface area contributed by atoms with Gasteiger partial charge in [-0.05, 0) is 79.5 Å². The van der Waals surface area contributed by atoms with Crippen molar-refractivity contribution in [3.8, 4) is 17.1 Å². The number of thioether (sulfide) groups is 1. The maximum absolute atomic E-state index is 13.4. The van der Waals surface area contributed by atoms with E-state index in [2.05, 4.69) is 33.5 Å². The summed E-state index contributed by atoms with van der Waals surface area (Å²) in [5.74, 6) is 3.65. The van der Waals surface area contributed by atoms with Crippen LogP contribution in [-0.2, 0) is 13.2 Å². The molecule has 9 heteroatoms. The van der Waals surface area contributed by atoms with Crippen LogP contribution in [0.1, 0.15) is 11.3 Å². The van der Waals surface area contributed by atoms with Crippen molar-refractivity contribution in [2.24, 2.45) is 0 Å². The van der Waals surface area contributed by atoms with Crippen molar-refractivity contribution in [3.05, 3.63) is 101 Å². The quantitative estimate of drug-likeness (QED) is 0.176. The fourth-order valence-corrected chi connectivity index (χ4v) is 4.87. The smallest absolute Gasteiger partial charge is 0.141 e. The minimum Gasteiger partial charge on any atom is -0.487 e. The molecule has 0 atom stereocenters. The molecule has 0 saturated carbocycles. The number of anilines is 2. The van der Waals surface area contributed by atoms with Gasteiger partial charge in [0.25, 0.3) is 0 Å². The summed E-state index contributed by atoms with van der Waals surface area (Å²) in [7, 11) is 2.10. The second-order valence-electron chi connectivity index (χ2n) is 9.14. The van der Waals surface area contributed by atoms with Crippen molar-refractivity contribution in [1.82, 2.24) is 14.9 Å². The molecule has 0 unspecified atom stereocenters. The van der Waals surface area contributed by atoms with Crippen molar-refractivity contribution in [2.75, 3.05) is 30.9 Å². The number of rotatable bonds is 11. The van der Waals surface area contributed by atoms with E-state index < -0.39 is 0 Å². The molecular formula is C30H28ClFN4O2S. The molecule has 0 saturated heterocycles. The van der Waals surface area contributed by atoms with Crippen molar-refractivity contribution < 1.29 is 13.5 Å². The minimum atomic E-state index is -0.302. The topological polar surface area (TPSA) is 63.4 Å². The molecule has 0 amide bonds. The monoisotopic (exact) mass is 562 g/mol. The standard InChI is InChI=1S/C30H28ClFN4O2S/c1-36(12-13-39-2)17-24-8-11-28(38-24)21-6-9-27-25(15-21)30(34-19-33-27)35-23-7-10-29(26(31)16-23)37-18-20-4-3-5-22(32)14-20/h3-11,14-16,19H,12-13,17-18H2,1-2H3,(H,33,34,35). The number of nitrogens with one attached hydrogen (secondary N) is 1. The maximum atomic E-state index is 13.4. The molecule has 0 fully saturated rings. The van der Waals surface area contributed by atoms with Gasteiger partial charge in [0, 0.05) is 28.9 Å². The molecule has 1 N–H and O–H groups in total. The van der Waals surface area contributed by atoms with Crippen LogP contribution in [0.4, 0.5) is 15.9 Å². The fraction of sp³-hybridized carbons (Fsp3) is 0.200. The van der Waals surface area contributed by atoms with Crippen LogP contribution in [0.25, 0.3) is 22.2 Å². The molecule has 2 heterocycles. The number of furan rings is 1. The van der Waals surface area contributed by atoms with Gasteiger partial charge in [-0.3, -0.25) is 4.90 Å². The van der Waals surface area contributed by atoms with Crippen LogP contribution in [0.15, 0.2) is 83.5 Å². The molecule has 0 radical (unpaired) electrons. The van der Waals surface area contributed by atoms with E-state index in [9.17, 15) is 4.39 Å². The van der Waals surface area contributed by atoms with E-state index in [4.69, 9.17) is 20.8 Å². The van der Waals surface area contributed by atoms with Gasteiger partial charge in [0.15, 0.2) is 0 Å². The zero-order chi connectivity index (χ0) is 27.2. The third kappa shape index (κ3) is 6.89. The van der Waals surface area contributed by atoms with E-state index >= 15 is 0 Å². The molecule has 0 aliphatic carbocycles. The number of fused-ring (bicyclic) bond motifs is 1. The van der Waals surface area contributed by atoms with Gasteiger partial charge in [0.1, 0.15) is 41.8 Å². The first kappa shape index (κ1) is 27.0. The number of aromatic nitrogens is 2. The van der Waals surface area contributed by atoms with E-state index in [1.807, 2.05) is 48.2 Å². The number of halogens is 2. The molecule has 3 aromatic carbocycles. The Labute approximate surface area is 236 Å². The molecule has 5 aromatic rings. The second-order valence-corrected chi connectivity index (χ2v) is 10.5. The van der Waals surface area contributed by atoms with Gasteiger partial charge < -0.3 is 14.5 Å². The highest BCUT2D eigenvalue weighted by molar-refractivity contribution is 7.98. The zero-order valence-corrected chi connectivity index (χ0v) is 23.2. The number of benzene rings is 3. The number of nitrogens with zero attached hydrogens (tertiary/aromatic N) is 3. The highest BCUT2D eigenvalue weighted by atomic mass is 35.5. The zero-order valence-electron chi connectivity index (χ0n) is 21.7. The van der Waals surface area contributed by atoms with Crippen molar-refractivity contribution in [1.29, 1.82) is 0 Å². The van der Waals surface area contributed by atoms with Crippen molar-refractivity contribution >= 4 is 45.8 Å². The minimum absolute atomic E-state index is 0.214. The van der Waals surface area contributed by atoms with E-state index in [0.29, 0.717) is 16.6 Å². The van der Waals surface area contributed by atoms with Crippen LogP contribution in [0, 0.1) is 5.82 Å². The molecule has 200 valence electrons. The summed E-state index contributed by atoms with van der Waals surface area (Å²) in [4.78, 5) is 11.1. The van der Waals surface area contributed by atoms with E-state index in [-0.39, 0.29) is 12.4 Å². The van der Waals surface area contributed by atoms with Crippen molar-refractivity contribution in [3.63, 3.8) is 0 Å². The number of hydrogen-bond acceptors (Lipinski definition) is 7. The van der Waals surface area contributed by atoms with Gasteiger partial charge >= 0.3 is 0 Å². The molecule has 0 aliphatic heterocycles. The Bertz CT molecular complexity index is 1580. The van der Waals surface area contributed by atoms with Gasteiger partial charge in [-0.25, -0.2) is 14.4 Å². The summed E-state index contributed by atoms with van der Waals surface area (Å²) in [5, 5.41) is 4.63. The summed E-state index contributed by atoms with van der Waals surface area (Å²) < 4.78 is 25.4. The van der Waals surface area contributed by atoms with Gasteiger partial charge in [-0.2, -0.15) is 11.8 Å². The lowest BCUT2D eigenvalue weighted by atomic mass is 10.1. The Kier molecular flexibility index (Phi) is 8.66. The van der Waals surface area contributed by atoms with Crippen molar-refractivity contribution in [2.45, 2.75) is 13.2 Å². The maximum Gasteiger partial charge on any atom is 0.141 e. The average Bonchev–Trinajstić information content (AvgIpc) is 3.40. The largest absolute Gasteiger partial charge is 0.487 e. The Morgan fingerprint density at radius 2 is 1.95 bits per heavy atom.